The molecular weight excluding hydrogens is 248 g/mol. The molecule has 0 heterocycles. The SMILES string of the molecule is CCOCCNCCN(C)Cc1cccc(Cl)c1. The summed E-state index contributed by atoms with van der Waals surface area (Å²) in [4.78, 5) is 2.28. The number of halogens is 1. The Kier molecular flexibility index (Phi) is 8.01. The predicted octanol–water partition coefficient (Wildman–Crippen LogP) is 2.40. The van der Waals surface area contributed by atoms with Gasteiger partial charge in [-0.1, -0.05) is 23.7 Å². The molecule has 18 heavy (non-hydrogen) atoms. The minimum Gasteiger partial charge on any atom is -0.380 e. The Labute approximate surface area is 115 Å². The Morgan fingerprint density at radius 2 is 2.17 bits per heavy atom. The van der Waals surface area contributed by atoms with Crippen molar-refractivity contribution in [3.63, 3.8) is 0 Å². The van der Waals surface area contributed by atoms with Gasteiger partial charge in [0.1, 0.15) is 0 Å². The molecule has 0 aliphatic carbocycles. The Balaban J connectivity index is 2.12. The van der Waals surface area contributed by atoms with Crippen molar-refractivity contribution < 1.29 is 4.74 Å². The monoisotopic (exact) mass is 270 g/mol. The van der Waals surface area contributed by atoms with Gasteiger partial charge in [-0.2, -0.15) is 0 Å². The first-order valence-electron chi connectivity index (χ1n) is 6.44. The molecule has 1 aromatic carbocycles. The van der Waals surface area contributed by atoms with E-state index < -0.39 is 0 Å². The molecule has 1 aromatic rings. The van der Waals surface area contributed by atoms with Crippen LogP contribution in [0.3, 0.4) is 0 Å². The number of likely N-dealkylation sites (N-methyl/N-ethyl adjacent to an activating group) is 1. The van der Waals surface area contributed by atoms with Gasteiger partial charge >= 0.3 is 0 Å². The van der Waals surface area contributed by atoms with Crippen LogP contribution >= 0.6 is 11.6 Å². The number of rotatable bonds is 9. The second-order valence-electron chi connectivity index (χ2n) is 4.31. The second kappa shape index (κ2) is 9.34. The average molecular weight is 271 g/mol. The third-order valence-electron chi connectivity index (χ3n) is 2.64. The van der Waals surface area contributed by atoms with E-state index in [2.05, 4.69) is 23.3 Å². The second-order valence-corrected chi connectivity index (χ2v) is 4.75. The summed E-state index contributed by atoms with van der Waals surface area (Å²) in [5.41, 5.74) is 1.25. The van der Waals surface area contributed by atoms with E-state index in [4.69, 9.17) is 16.3 Å². The summed E-state index contributed by atoms with van der Waals surface area (Å²) in [5.74, 6) is 0. The van der Waals surface area contributed by atoms with Crippen molar-refractivity contribution in [2.75, 3.05) is 39.9 Å². The zero-order valence-electron chi connectivity index (χ0n) is 11.3. The van der Waals surface area contributed by atoms with Crippen molar-refractivity contribution in [3.05, 3.63) is 34.9 Å². The Morgan fingerprint density at radius 3 is 2.89 bits per heavy atom. The van der Waals surface area contributed by atoms with Crippen molar-refractivity contribution in [2.45, 2.75) is 13.5 Å². The lowest BCUT2D eigenvalue weighted by atomic mass is 10.2. The van der Waals surface area contributed by atoms with Crippen LogP contribution in [0.1, 0.15) is 12.5 Å². The van der Waals surface area contributed by atoms with Crippen molar-refractivity contribution in [2.24, 2.45) is 0 Å². The topological polar surface area (TPSA) is 24.5 Å². The quantitative estimate of drug-likeness (QED) is 0.698. The normalized spacial score (nSPS) is 11.1. The predicted molar refractivity (Wildman–Crippen MR) is 77.1 cm³/mol. The van der Waals surface area contributed by atoms with Crippen LogP contribution < -0.4 is 5.32 Å². The van der Waals surface area contributed by atoms with Crippen LogP contribution in [0.5, 0.6) is 0 Å². The van der Waals surface area contributed by atoms with E-state index in [1.165, 1.54) is 5.56 Å². The first-order chi connectivity index (χ1) is 8.72. The van der Waals surface area contributed by atoms with Gasteiger partial charge in [0, 0.05) is 37.8 Å². The van der Waals surface area contributed by atoms with Gasteiger partial charge in [-0.25, -0.2) is 0 Å². The highest BCUT2D eigenvalue weighted by Gasteiger charge is 2.00. The molecule has 0 aliphatic rings. The van der Waals surface area contributed by atoms with Gasteiger partial charge in [0.15, 0.2) is 0 Å². The van der Waals surface area contributed by atoms with E-state index in [0.717, 1.165) is 44.4 Å². The molecule has 1 rings (SSSR count). The summed E-state index contributed by atoms with van der Waals surface area (Å²) in [6.07, 6.45) is 0. The molecule has 0 unspecified atom stereocenters. The molecular formula is C14H23ClN2O. The average Bonchev–Trinajstić information content (AvgIpc) is 2.33. The zero-order valence-corrected chi connectivity index (χ0v) is 12.0. The Hall–Kier alpha value is -0.610. The molecule has 0 radical (unpaired) electrons. The molecule has 4 heteroatoms. The number of hydrogen-bond donors (Lipinski definition) is 1. The fourth-order valence-electron chi connectivity index (χ4n) is 1.71. The van der Waals surface area contributed by atoms with E-state index in [9.17, 15) is 0 Å². The van der Waals surface area contributed by atoms with Crippen LogP contribution in [0.25, 0.3) is 0 Å². The molecule has 0 aromatic heterocycles. The molecule has 0 spiro atoms. The lowest BCUT2D eigenvalue weighted by Gasteiger charge is -2.17. The number of hydrogen-bond acceptors (Lipinski definition) is 3. The van der Waals surface area contributed by atoms with E-state index in [1.54, 1.807) is 0 Å². The third-order valence-corrected chi connectivity index (χ3v) is 2.87. The first-order valence-corrected chi connectivity index (χ1v) is 6.81. The van der Waals surface area contributed by atoms with Gasteiger partial charge in [0.25, 0.3) is 0 Å². The summed E-state index contributed by atoms with van der Waals surface area (Å²) in [5, 5.41) is 4.16. The van der Waals surface area contributed by atoms with Crippen LogP contribution in [0.4, 0.5) is 0 Å². The smallest absolute Gasteiger partial charge is 0.0590 e. The van der Waals surface area contributed by atoms with Gasteiger partial charge in [-0.15, -0.1) is 0 Å². The van der Waals surface area contributed by atoms with Gasteiger partial charge in [-0.3, -0.25) is 0 Å². The molecule has 3 nitrogen and oxygen atoms in total. The van der Waals surface area contributed by atoms with Crippen LogP contribution in [0.15, 0.2) is 24.3 Å². The molecule has 102 valence electrons. The Morgan fingerprint density at radius 1 is 1.33 bits per heavy atom. The van der Waals surface area contributed by atoms with Crippen LogP contribution in [0.2, 0.25) is 5.02 Å². The lowest BCUT2D eigenvalue weighted by Crippen LogP contribution is -2.30. The molecule has 0 saturated carbocycles. The van der Waals surface area contributed by atoms with E-state index in [0.29, 0.717) is 0 Å². The van der Waals surface area contributed by atoms with Crippen LogP contribution in [-0.4, -0.2) is 44.8 Å². The van der Waals surface area contributed by atoms with E-state index >= 15 is 0 Å². The number of nitrogens with one attached hydrogen (secondary N) is 1. The zero-order chi connectivity index (χ0) is 13.2. The van der Waals surface area contributed by atoms with Crippen molar-refractivity contribution >= 4 is 11.6 Å². The Bertz CT molecular complexity index is 333. The van der Waals surface area contributed by atoms with E-state index in [1.807, 2.05) is 25.1 Å². The van der Waals surface area contributed by atoms with Crippen molar-refractivity contribution in [1.82, 2.24) is 10.2 Å². The maximum absolute atomic E-state index is 5.96. The summed E-state index contributed by atoms with van der Waals surface area (Å²) >= 11 is 5.96. The maximum Gasteiger partial charge on any atom is 0.0590 e. The van der Waals surface area contributed by atoms with Gasteiger partial charge in [-0.05, 0) is 31.7 Å². The minimum absolute atomic E-state index is 0.786. The highest BCUT2D eigenvalue weighted by Crippen LogP contribution is 2.11. The summed E-state index contributed by atoms with van der Waals surface area (Å²) < 4.78 is 5.26. The molecule has 0 aliphatic heterocycles. The van der Waals surface area contributed by atoms with Crippen molar-refractivity contribution in [1.29, 1.82) is 0 Å². The first kappa shape index (κ1) is 15.4. The standard InChI is InChI=1S/C14H23ClN2O/c1-3-18-10-8-16-7-9-17(2)12-13-5-4-6-14(15)11-13/h4-6,11,16H,3,7-10,12H2,1-2H3. The van der Waals surface area contributed by atoms with Crippen LogP contribution in [-0.2, 0) is 11.3 Å². The summed E-state index contributed by atoms with van der Waals surface area (Å²) in [6.45, 7) is 7.42. The van der Waals surface area contributed by atoms with Crippen molar-refractivity contribution in [3.8, 4) is 0 Å². The van der Waals surface area contributed by atoms with E-state index in [-0.39, 0.29) is 0 Å². The number of nitrogens with zero attached hydrogens (tertiary/aromatic N) is 1. The fourth-order valence-corrected chi connectivity index (χ4v) is 1.92. The van der Waals surface area contributed by atoms with Gasteiger partial charge in [0.2, 0.25) is 0 Å². The summed E-state index contributed by atoms with van der Waals surface area (Å²) in [7, 11) is 2.12. The highest BCUT2D eigenvalue weighted by molar-refractivity contribution is 6.30. The third kappa shape index (κ3) is 6.97. The molecule has 0 amide bonds. The number of ether oxygens (including phenoxy) is 1. The fraction of sp³-hybridized carbons (Fsp3) is 0.571. The molecule has 0 bridgehead atoms. The van der Waals surface area contributed by atoms with Gasteiger partial charge in [0.05, 0.1) is 6.61 Å². The summed E-state index contributed by atoms with van der Waals surface area (Å²) in [6, 6.07) is 8.01. The molecule has 1 N–H and O–H groups in total. The molecule has 0 fully saturated rings. The maximum atomic E-state index is 5.96. The molecule has 0 saturated heterocycles. The highest BCUT2D eigenvalue weighted by atomic mass is 35.5. The minimum atomic E-state index is 0.786. The largest absolute Gasteiger partial charge is 0.380 e. The lowest BCUT2D eigenvalue weighted by molar-refractivity contribution is 0.148. The van der Waals surface area contributed by atoms with Crippen LogP contribution in [0, 0.1) is 0 Å². The number of benzene rings is 1. The van der Waals surface area contributed by atoms with Gasteiger partial charge < -0.3 is 15.0 Å². The molecule has 0 atom stereocenters.